The average Bonchev–Trinajstić information content (AvgIpc) is 2.32. The Morgan fingerprint density at radius 2 is 1.84 bits per heavy atom. The monoisotopic (exact) mass is 321 g/mol. The molecule has 0 bridgehead atoms. The highest BCUT2D eigenvalue weighted by atomic mass is 79.9. The molecule has 0 saturated carbocycles. The molecule has 0 aromatic heterocycles. The lowest BCUT2D eigenvalue weighted by molar-refractivity contribution is 0.623. The zero-order chi connectivity index (χ0) is 14.0. The van der Waals surface area contributed by atoms with Crippen LogP contribution >= 0.6 is 15.9 Å². The van der Waals surface area contributed by atoms with E-state index in [4.69, 9.17) is 5.73 Å². The molecule has 1 nitrogen and oxygen atoms in total. The molecule has 2 rings (SSSR count). The van der Waals surface area contributed by atoms with Gasteiger partial charge in [0.1, 0.15) is 5.82 Å². The van der Waals surface area contributed by atoms with Gasteiger partial charge in [0.2, 0.25) is 0 Å². The van der Waals surface area contributed by atoms with Crippen molar-refractivity contribution in [3.8, 4) is 0 Å². The van der Waals surface area contributed by atoms with E-state index in [1.165, 1.54) is 11.6 Å². The zero-order valence-electron chi connectivity index (χ0n) is 11.1. The summed E-state index contributed by atoms with van der Waals surface area (Å²) in [5.74, 6) is -0.199. The third kappa shape index (κ3) is 3.43. The van der Waals surface area contributed by atoms with Gasteiger partial charge in [0.05, 0.1) is 0 Å². The Kier molecular flexibility index (Phi) is 4.38. The maximum absolute atomic E-state index is 13.1. The molecule has 0 amide bonds. The van der Waals surface area contributed by atoms with Crippen molar-refractivity contribution < 1.29 is 4.39 Å². The Morgan fingerprint density at radius 3 is 2.47 bits per heavy atom. The summed E-state index contributed by atoms with van der Waals surface area (Å²) in [5, 5.41) is 0. The first kappa shape index (κ1) is 14.2. The van der Waals surface area contributed by atoms with Crippen molar-refractivity contribution in [2.24, 2.45) is 5.73 Å². The summed E-state index contributed by atoms with van der Waals surface area (Å²) < 4.78 is 14.1. The van der Waals surface area contributed by atoms with Crippen LogP contribution in [0, 0.1) is 19.7 Å². The number of nitrogens with two attached hydrogens (primary N) is 1. The van der Waals surface area contributed by atoms with Crippen molar-refractivity contribution in [2.75, 3.05) is 0 Å². The fraction of sp³-hybridized carbons (Fsp3) is 0.250. The minimum absolute atomic E-state index is 0.0720. The standard InChI is InChI=1S/C16H17BrFN/c1-10-8-14(18)5-3-12(10)9-16(19)15-6-4-13(17)7-11(15)2/h3-8,16H,9,19H2,1-2H3. The number of rotatable bonds is 3. The average molecular weight is 322 g/mol. The summed E-state index contributed by atoms with van der Waals surface area (Å²) in [4.78, 5) is 0. The van der Waals surface area contributed by atoms with Gasteiger partial charge >= 0.3 is 0 Å². The van der Waals surface area contributed by atoms with Gasteiger partial charge in [-0.3, -0.25) is 0 Å². The molecule has 0 saturated heterocycles. The number of halogens is 2. The molecule has 0 aliphatic carbocycles. The highest BCUT2D eigenvalue weighted by Crippen LogP contribution is 2.24. The molecule has 3 heteroatoms. The molecule has 2 aromatic carbocycles. The molecular weight excluding hydrogens is 305 g/mol. The molecule has 2 aromatic rings. The van der Waals surface area contributed by atoms with E-state index in [2.05, 4.69) is 28.9 Å². The SMILES string of the molecule is Cc1cc(F)ccc1CC(N)c1ccc(Br)cc1C. The number of aryl methyl sites for hydroxylation is 2. The molecule has 0 radical (unpaired) electrons. The summed E-state index contributed by atoms with van der Waals surface area (Å²) >= 11 is 3.45. The van der Waals surface area contributed by atoms with Crippen LogP contribution in [-0.4, -0.2) is 0 Å². The Hall–Kier alpha value is -1.19. The summed E-state index contributed by atoms with van der Waals surface area (Å²) in [6.07, 6.45) is 0.717. The van der Waals surface area contributed by atoms with Crippen LogP contribution in [0.2, 0.25) is 0 Å². The topological polar surface area (TPSA) is 26.0 Å². The van der Waals surface area contributed by atoms with Crippen LogP contribution in [-0.2, 0) is 6.42 Å². The molecule has 19 heavy (non-hydrogen) atoms. The van der Waals surface area contributed by atoms with Gasteiger partial charge in [-0.1, -0.05) is 28.1 Å². The second-order valence-corrected chi connectivity index (χ2v) is 5.80. The Balaban J connectivity index is 2.23. The van der Waals surface area contributed by atoms with Gasteiger partial charge in [-0.2, -0.15) is 0 Å². The first-order chi connectivity index (χ1) is 8.97. The smallest absolute Gasteiger partial charge is 0.123 e. The van der Waals surface area contributed by atoms with Gasteiger partial charge in [-0.25, -0.2) is 4.39 Å². The van der Waals surface area contributed by atoms with E-state index in [0.717, 1.165) is 21.2 Å². The first-order valence-corrected chi connectivity index (χ1v) is 7.03. The molecule has 100 valence electrons. The van der Waals surface area contributed by atoms with Crippen molar-refractivity contribution in [3.05, 3.63) is 68.9 Å². The molecule has 1 atom stereocenters. The van der Waals surface area contributed by atoms with E-state index in [9.17, 15) is 4.39 Å². The Bertz CT molecular complexity index is 595. The fourth-order valence-electron chi connectivity index (χ4n) is 2.29. The zero-order valence-corrected chi connectivity index (χ0v) is 12.7. The molecule has 0 aliphatic heterocycles. The summed E-state index contributed by atoms with van der Waals surface area (Å²) in [7, 11) is 0. The molecule has 0 spiro atoms. The largest absolute Gasteiger partial charge is 0.324 e. The van der Waals surface area contributed by atoms with E-state index in [1.54, 1.807) is 6.07 Å². The maximum atomic E-state index is 13.1. The van der Waals surface area contributed by atoms with Crippen molar-refractivity contribution in [2.45, 2.75) is 26.3 Å². The second-order valence-electron chi connectivity index (χ2n) is 4.88. The lowest BCUT2D eigenvalue weighted by atomic mass is 9.94. The normalized spacial score (nSPS) is 12.5. The highest BCUT2D eigenvalue weighted by molar-refractivity contribution is 9.10. The van der Waals surface area contributed by atoms with Crippen LogP contribution < -0.4 is 5.73 Å². The van der Waals surface area contributed by atoms with Gasteiger partial charge in [-0.05, 0) is 66.8 Å². The summed E-state index contributed by atoms with van der Waals surface area (Å²) in [5.41, 5.74) is 10.6. The van der Waals surface area contributed by atoms with Crippen LogP contribution in [0.25, 0.3) is 0 Å². The minimum atomic E-state index is -0.199. The number of hydrogen-bond donors (Lipinski definition) is 1. The molecule has 0 aliphatic rings. The molecule has 0 heterocycles. The Morgan fingerprint density at radius 1 is 1.11 bits per heavy atom. The van der Waals surface area contributed by atoms with Gasteiger partial charge in [0.25, 0.3) is 0 Å². The van der Waals surface area contributed by atoms with Gasteiger partial charge < -0.3 is 5.73 Å². The van der Waals surface area contributed by atoms with Crippen LogP contribution in [0.4, 0.5) is 4.39 Å². The number of benzene rings is 2. The third-order valence-corrected chi connectivity index (χ3v) is 3.87. The molecule has 2 N–H and O–H groups in total. The lowest BCUT2D eigenvalue weighted by Crippen LogP contribution is -2.15. The number of hydrogen-bond acceptors (Lipinski definition) is 1. The third-order valence-electron chi connectivity index (χ3n) is 3.38. The predicted octanol–water partition coefficient (Wildman–Crippen LogP) is 4.45. The molecular formula is C16H17BrFN. The lowest BCUT2D eigenvalue weighted by Gasteiger charge is -2.16. The summed E-state index contributed by atoms with van der Waals surface area (Å²) in [6.45, 7) is 3.97. The van der Waals surface area contributed by atoms with Gasteiger partial charge in [-0.15, -0.1) is 0 Å². The second kappa shape index (κ2) is 5.85. The van der Waals surface area contributed by atoms with Crippen LogP contribution in [0.1, 0.15) is 28.3 Å². The maximum Gasteiger partial charge on any atom is 0.123 e. The van der Waals surface area contributed by atoms with Gasteiger partial charge in [0, 0.05) is 10.5 Å². The summed E-state index contributed by atoms with van der Waals surface area (Å²) in [6, 6.07) is 10.9. The van der Waals surface area contributed by atoms with Crippen molar-refractivity contribution in [3.63, 3.8) is 0 Å². The molecule has 1 unspecified atom stereocenters. The van der Waals surface area contributed by atoms with Crippen molar-refractivity contribution >= 4 is 15.9 Å². The first-order valence-electron chi connectivity index (χ1n) is 6.24. The van der Waals surface area contributed by atoms with Crippen LogP contribution in [0.15, 0.2) is 40.9 Å². The van der Waals surface area contributed by atoms with Gasteiger partial charge in [0.15, 0.2) is 0 Å². The quantitative estimate of drug-likeness (QED) is 0.888. The van der Waals surface area contributed by atoms with Crippen molar-refractivity contribution in [1.29, 1.82) is 0 Å². The van der Waals surface area contributed by atoms with Crippen LogP contribution in [0.5, 0.6) is 0 Å². The van der Waals surface area contributed by atoms with Crippen LogP contribution in [0.3, 0.4) is 0 Å². The minimum Gasteiger partial charge on any atom is -0.324 e. The van der Waals surface area contributed by atoms with E-state index in [0.29, 0.717) is 6.42 Å². The Labute approximate surface area is 121 Å². The predicted molar refractivity (Wildman–Crippen MR) is 80.6 cm³/mol. The molecule has 0 fully saturated rings. The fourth-order valence-corrected chi connectivity index (χ4v) is 2.77. The van der Waals surface area contributed by atoms with E-state index in [-0.39, 0.29) is 11.9 Å². The van der Waals surface area contributed by atoms with Crippen molar-refractivity contribution in [1.82, 2.24) is 0 Å². The van der Waals surface area contributed by atoms with E-state index in [1.807, 2.05) is 25.1 Å². The highest BCUT2D eigenvalue weighted by Gasteiger charge is 2.11. The van der Waals surface area contributed by atoms with E-state index < -0.39 is 0 Å². The van der Waals surface area contributed by atoms with E-state index >= 15 is 0 Å².